The zero-order valence-electron chi connectivity index (χ0n) is 14.9. The molecular formula is C18H22N2O4S2. The molecule has 0 aliphatic heterocycles. The molecule has 0 aliphatic rings. The van der Waals surface area contributed by atoms with Crippen LogP contribution in [0.4, 0.5) is 0 Å². The molecule has 2 N–H and O–H groups in total. The zero-order valence-corrected chi connectivity index (χ0v) is 16.5. The third-order valence-corrected chi connectivity index (χ3v) is 5.95. The molecule has 26 heavy (non-hydrogen) atoms. The first-order valence-electron chi connectivity index (χ1n) is 8.06. The maximum atomic E-state index is 12.4. The quantitative estimate of drug-likeness (QED) is 0.755. The number of hydrogen-bond donors (Lipinski definition) is 2. The summed E-state index contributed by atoms with van der Waals surface area (Å²) in [5.74, 6) is -0.391. The Balaban J connectivity index is 2.02. The second-order valence-electron chi connectivity index (χ2n) is 6.10. The summed E-state index contributed by atoms with van der Waals surface area (Å²) in [4.78, 5) is 24.9. The molecule has 1 aromatic heterocycles. The smallest absolute Gasteiger partial charge is 0.222 e. The predicted octanol–water partition coefficient (Wildman–Crippen LogP) is 2.60. The molecule has 0 aliphatic carbocycles. The van der Waals surface area contributed by atoms with E-state index in [9.17, 15) is 18.0 Å². The highest BCUT2D eigenvalue weighted by molar-refractivity contribution is 7.90. The molecule has 140 valence electrons. The summed E-state index contributed by atoms with van der Waals surface area (Å²) in [6.45, 7) is 3.25. The van der Waals surface area contributed by atoms with Crippen molar-refractivity contribution in [3.05, 3.63) is 52.2 Å². The van der Waals surface area contributed by atoms with Crippen molar-refractivity contribution >= 4 is 33.0 Å². The van der Waals surface area contributed by atoms with Gasteiger partial charge in [-0.1, -0.05) is 18.2 Å². The lowest BCUT2D eigenvalue weighted by molar-refractivity contribution is -0.123. The van der Waals surface area contributed by atoms with Crippen LogP contribution in [0.25, 0.3) is 0 Å². The summed E-state index contributed by atoms with van der Waals surface area (Å²) < 4.78 is 23.0. The Bertz CT molecular complexity index is 859. The van der Waals surface area contributed by atoms with E-state index in [4.69, 9.17) is 0 Å². The van der Waals surface area contributed by atoms with Crippen LogP contribution in [-0.2, 0) is 19.4 Å². The van der Waals surface area contributed by atoms with E-state index in [0.717, 1.165) is 16.7 Å². The van der Waals surface area contributed by atoms with Crippen molar-refractivity contribution in [2.45, 2.75) is 37.2 Å². The van der Waals surface area contributed by atoms with Crippen LogP contribution in [0.2, 0.25) is 0 Å². The van der Waals surface area contributed by atoms with Gasteiger partial charge in [0.1, 0.15) is 0 Å². The maximum Gasteiger partial charge on any atom is 0.222 e. The maximum absolute atomic E-state index is 12.4. The van der Waals surface area contributed by atoms with Crippen LogP contribution in [0, 0.1) is 0 Å². The molecule has 0 bridgehead atoms. The molecular weight excluding hydrogens is 372 g/mol. The topological polar surface area (TPSA) is 92.3 Å². The first kappa shape index (κ1) is 20.1. The van der Waals surface area contributed by atoms with Crippen molar-refractivity contribution in [3.8, 4) is 0 Å². The first-order chi connectivity index (χ1) is 12.2. The van der Waals surface area contributed by atoms with Crippen LogP contribution in [0.5, 0.6) is 0 Å². The molecule has 2 atom stereocenters. The van der Waals surface area contributed by atoms with E-state index in [1.54, 1.807) is 12.1 Å². The molecule has 2 rings (SSSR count). The van der Waals surface area contributed by atoms with Gasteiger partial charge < -0.3 is 10.6 Å². The van der Waals surface area contributed by atoms with Gasteiger partial charge in [0.05, 0.1) is 23.4 Å². The van der Waals surface area contributed by atoms with Crippen LogP contribution >= 0.6 is 11.3 Å². The third-order valence-electron chi connectivity index (χ3n) is 3.84. The van der Waals surface area contributed by atoms with Gasteiger partial charge in [-0.05, 0) is 36.1 Å². The van der Waals surface area contributed by atoms with E-state index < -0.39 is 9.84 Å². The molecule has 0 fully saturated rings. The molecule has 0 saturated carbocycles. The number of benzene rings is 1. The largest absolute Gasteiger partial charge is 0.350 e. The van der Waals surface area contributed by atoms with Gasteiger partial charge in [0.25, 0.3) is 0 Å². The van der Waals surface area contributed by atoms with Gasteiger partial charge >= 0.3 is 0 Å². The van der Waals surface area contributed by atoms with Crippen LogP contribution < -0.4 is 10.6 Å². The van der Waals surface area contributed by atoms with Gasteiger partial charge in [-0.15, -0.1) is 11.3 Å². The first-order valence-corrected chi connectivity index (χ1v) is 10.8. The zero-order chi connectivity index (χ0) is 19.3. The molecule has 1 heterocycles. The van der Waals surface area contributed by atoms with E-state index in [1.165, 1.54) is 30.4 Å². The van der Waals surface area contributed by atoms with Crippen molar-refractivity contribution in [1.82, 2.24) is 10.6 Å². The molecule has 0 spiro atoms. The van der Waals surface area contributed by atoms with Crippen molar-refractivity contribution in [2.75, 3.05) is 6.26 Å². The lowest BCUT2D eigenvalue weighted by Crippen LogP contribution is -2.33. The van der Waals surface area contributed by atoms with Crippen LogP contribution in [0.3, 0.4) is 0 Å². The van der Waals surface area contributed by atoms with Crippen LogP contribution in [-0.4, -0.2) is 26.5 Å². The Kier molecular flexibility index (Phi) is 6.55. The number of sulfone groups is 1. The lowest BCUT2D eigenvalue weighted by Gasteiger charge is -2.19. The van der Waals surface area contributed by atoms with Gasteiger partial charge in [-0.2, -0.15) is 0 Å². The number of amides is 2. The lowest BCUT2D eigenvalue weighted by atomic mass is 10.1. The highest BCUT2D eigenvalue weighted by atomic mass is 32.2. The van der Waals surface area contributed by atoms with E-state index in [-0.39, 0.29) is 35.2 Å². The summed E-state index contributed by atoms with van der Waals surface area (Å²) in [5, 5.41) is 7.58. The highest BCUT2D eigenvalue weighted by Crippen LogP contribution is 2.23. The van der Waals surface area contributed by atoms with Crippen LogP contribution in [0.1, 0.15) is 42.8 Å². The minimum absolute atomic E-state index is 0.131. The molecule has 2 aromatic rings. The Morgan fingerprint density at radius 1 is 1.12 bits per heavy atom. The molecule has 1 aromatic carbocycles. The van der Waals surface area contributed by atoms with Gasteiger partial charge in [-0.25, -0.2) is 8.42 Å². The SMILES string of the molecule is CC(=O)NC(CC(=O)NC(C)c1ccc(S(C)(=O)=O)cc1)c1cccs1. The van der Waals surface area contributed by atoms with Crippen molar-refractivity contribution < 1.29 is 18.0 Å². The molecule has 2 unspecified atom stereocenters. The van der Waals surface area contributed by atoms with E-state index in [0.29, 0.717) is 0 Å². The van der Waals surface area contributed by atoms with Gasteiger partial charge in [-0.3, -0.25) is 9.59 Å². The van der Waals surface area contributed by atoms with Gasteiger partial charge in [0.15, 0.2) is 9.84 Å². The minimum atomic E-state index is -3.25. The number of carbonyl (C=O) groups is 2. The number of rotatable bonds is 7. The number of carbonyl (C=O) groups excluding carboxylic acids is 2. The second kappa shape index (κ2) is 8.46. The number of nitrogens with one attached hydrogen (secondary N) is 2. The fraction of sp³-hybridized carbons (Fsp3) is 0.333. The Hall–Kier alpha value is -2.19. The van der Waals surface area contributed by atoms with E-state index in [1.807, 2.05) is 24.4 Å². The summed E-state index contributed by atoms with van der Waals surface area (Å²) in [6, 6.07) is 9.53. The molecule has 0 saturated heterocycles. The Morgan fingerprint density at radius 3 is 2.27 bits per heavy atom. The number of thiophene rings is 1. The molecule has 8 heteroatoms. The monoisotopic (exact) mass is 394 g/mol. The summed E-state index contributed by atoms with van der Waals surface area (Å²) in [7, 11) is -3.25. The summed E-state index contributed by atoms with van der Waals surface area (Å²) >= 11 is 1.48. The second-order valence-corrected chi connectivity index (χ2v) is 9.10. The molecule has 0 radical (unpaired) electrons. The van der Waals surface area contributed by atoms with Gasteiger partial charge in [0, 0.05) is 18.1 Å². The van der Waals surface area contributed by atoms with Crippen LogP contribution in [0.15, 0.2) is 46.7 Å². The summed E-state index contributed by atoms with van der Waals surface area (Å²) in [6.07, 6.45) is 1.28. The number of hydrogen-bond acceptors (Lipinski definition) is 5. The normalized spacial score (nSPS) is 13.7. The predicted molar refractivity (Wildman–Crippen MR) is 102 cm³/mol. The van der Waals surface area contributed by atoms with Crippen molar-refractivity contribution in [2.24, 2.45) is 0 Å². The van der Waals surface area contributed by atoms with E-state index in [2.05, 4.69) is 10.6 Å². The third kappa shape index (κ3) is 5.67. The highest BCUT2D eigenvalue weighted by Gasteiger charge is 2.19. The van der Waals surface area contributed by atoms with Crippen molar-refractivity contribution in [3.63, 3.8) is 0 Å². The average molecular weight is 395 g/mol. The molecule has 6 nitrogen and oxygen atoms in total. The fourth-order valence-corrected chi connectivity index (χ4v) is 3.94. The van der Waals surface area contributed by atoms with E-state index >= 15 is 0 Å². The van der Waals surface area contributed by atoms with Crippen molar-refractivity contribution in [1.29, 1.82) is 0 Å². The Morgan fingerprint density at radius 2 is 1.77 bits per heavy atom. The summed E-state index contributed by atoms with van der Waals surface area (Å²) in [5.41, 5.74) is 0.804. The standard InChI is InChI=1S/C18H22N2O4S2/c1-12(14-6-8-15(9-7-14)26(3,23)24)19-18(22)11-16(20-13(2)21)17-5-4-10-25-17/h4-10,12,16H,11H2,1-3H3,(H,19,22)(H,20,21). The minimum Gasteiger partial charge on any atom is -0.350 e. The average Bonchev–Trinajstić information content (AvgIpc) is 3.07. The molecule has 2 amide bonds. The Labute approximate surface area is 157 Å². The van der Waals surface area contributed by atoms with Gasteiger partial charge in [0.2, 0.25) is 11.8 Å². The fourth-order valence-electron chi connectivity index (χ4n) is 2.53.